The highest BCUT2D eigenvalue weighted by Gasteiger charge is 2.23. The summed E-state index contributed by atoms with van der Waals surface area (Å²) in [6.45, 7) is 10.9. The third-order valence-corrected chi connectivity index (χ3v) is 3.64. The first-order valence-electron chi connectivity index (χ1n) is 7.14. The molecule has 1 atom stereocenters. The van der Waals surface area contributed by atoms with Crippen molar-refractivity contribution in [1.29, 1.82) is 0 Å². The van der Waals surface area contributed by atoms with Crippen LogP contribution in [0.3, 0.4) is 0 Å². The minimum Gasteiger partial charge on any atom is -0.356 e. The first kappa shape index (κ1) is 15.4. The number of carbonyl (C=O) groups is 1. The molecule has 0 aromatic rings. The fraction of sp³-hybridized carbons (Fsp3) is 0.923. The van der Waals surface area contributed by atoms with Gasteiger partial charge in [-0.1, -0.05) is 13.8 Å². The molecule has 1 aliphatic rings. The van der Waals surface area contributed by atoms with E-state index in [4.69, 9.17) is 5.73 Å². The van der Waals surface area contributed by atoms with Crippen molar-refractivity contribution < 1.29 is 4.79 Å². The van der Waals surface area contributed by atoms with Crippen LogP contribution in [0.2, 0.25) is 0 Å². The second-order valence-corrected chi connectivity index (χ2v) is 4.91. The SMILES string of the molecule is CCCNC(=O)CC(CN)N1CCN(CC)CC1. The summed E-state index contributed by atoms with van der Waals surface area (Å²) >= 11 is 0. The molecule has 0 aromatic carbocycles. The molecule has 1 heterocycles. The first-order chi connectivity index (χ1) is 8.71. The van der Waals surface area contributed by atoms with Crippen LogP contribution < -0.4 is 11.1 Å². The summed E-state index contributed by atoms with van der Waals surface area (Å²) in [6.07, 6.45) is 1.51. The van der Waals surface area contributed by atoms with Gasteiger partial charge in [-0.05, 0) is 13.0 Å². The first-order valence-corrected chi connectivity index (χ1v) is 7.14. The molecule has 1 saturated heterocycles. The van der Waals surface area contributed by atoms with E-state index in [-0.39, 0.29) is 11.9 Å². The molecular weight excluding hydrogens is 228 g/mol. The van der Waals surface area contributed by atoms with E-state index in [1.807, 2.05) is 0 Å². The number of hydrogen-bond donors (Lipinski definition) is 2. The van der Waals surface area contributed by atoms with Crippen molar-refractivity contribution >= 4 is 5.91 Å². The van der Waals surface area contributed by atoms with E-state index >= 15 is 0 Å². The summed E-state index contributed by atoms with van der Waals surface area (Å²) in [5.74, 6) is 0.130. The molecule has 1 rings (SSSR count). The summed E-state index contributed by atoms with van der Waals surface area (Å²) in [5, 5.41) is 2.92. The van der Waals surface area contributed by atoms with Gasteiger partial charge in [0.2, 0.25) is 5.91 Å². The number of nitrogens with one attached hydrogen (secondary N) is 1. The van der Waals surface area contributed by atoms with Crippen molar-refractivity contribution in [3.8, 4) is 0 Å². The fourth-order valence-corrected chi connectivity index (χ4v) is 2.36. The number of nitrogens with two attached hydrogens (primary N) is 1. The van der Waals surface area contributed by atoms with Crippen LogP contribution in [0.4, 0.5) is 0 Å². The van der Waals surface area contributed by atoms with Gasteiger partial charge in [-0.15, -0.1) is 0 Å². The van der Waals surface area contributed by atoms with Crippen molar-refractivity contribution in [3.05, 3.63) is 0 Å². The van der Waals surface area contributed by atoms with Crippen molar-refractivity contribution in [3.63, 3.8) is 0 Å². The molecule has 0 radical (unpaired) electrons. The molecule has 5 heteroatoms. The molecule has 3 N–H and O–H groups in total. The van der Waals surface area contributed by atoms with Crippen LogP contribution >= 0.6 is 0 Å². The second kappa shape index (κ2) is 8.45. The molecule has 18 heavy (non-hydrogen) atoms. The summed E-state index contributed by atoms with van der Waals surface area (Å²) in [4.78, 5) is 16.5. The largest absolute Gasteiger partial charge is 0.356 e. The molecule has 1 amide bonds. The third-order valence-electron chi connectivity index (χ3n) is 3.64. The van der Waals surface area contributed by atoms with Gasteiger partial charge in [0.05, 0.1) is 0 Å². The quantitative estimate of drug-likeness (QED) is 0.666. The molecule has 1 unspecified atom stereocenters. The van der Waals surface area contributed by atoms with E-state index in [9.17, 15) is 4.79 Å². The van der Waals surface area contributed by atoms with Crippen LogP contribution in [0.1, 0.15) is 26.7 Å². The number of piperazine rings is 1. The van der Waals surface area contributed by atoms with Gasteiger partial charge in [0.1, 0.15) is 0 Å². The highest BCUT2D eigenvalue weighted by molar-refractivity contribution is 5.76. The van der Waals surface area contributed by atoms with E-state index in [1.165, 1.54) is 0 Å². The number of carbonyl (C=O) groups excluding carboxylic acids is 1. The molecule has 106 valence electrons. The van der Waals surface area contributed by atoms with Gasteiger partial charge < -0.3 is 16.0 Å². The van der Waals surface area contributed by atoms with Gasteiger partial charge in [-0.2, -0.15) is 0 Å². The molecule has 0 saturated carbocycles. The monoisotopic (exact) mass is 256 g/mol. The highest BCUT2D eigenvalue weighted by Crippen LogP contribution is 2.08. The Morgan fingerprint density at radius 2 is 1.94 bits per heavy atom. The van der Waals surface area contributed by atoms with E-state index < -0.39 is 0 Å². The van der Waals surface area contributed by atoms with Crippen LogP contribution in [0.5, 0.6) is 0 Å². The molecule has 0 aromatic heterocycles. The average molecular weight is 256 g/mol. The molecular formula is C13H28N4O. The van der Waals surface area contributed by atoms with E-state index in [1.54, 1.807) is 0 Å². The maximum atomic E-state index is 11.7. The van der Waals surface area contributed by atoms with Crippen molar-refractivity contribution in [1.82, 2.24) is 15.1 Å². The van der Waals surface area contributed by atoms with Crippen LogP contribution in [0.15, 0.2) is 0 Å². The Morgan fingerprint density at radius 3 is 2.44 bits per heavy atom. The molecule has 1 fully saturated rings. The van der Waals surface area contributed by atoms with Crippen molar-refractivity contribution in [2.75, 3.05) is 45.8 Å². The summed E-state index contributed by atoms with van der Waals surface area (Å²) in [5.41, 5.74) is 5.81. The lowest BCUT2D eigenvalue weighted by molar-refractivity contribution is -0.122. The summed E-state index contributed by atoms with van der Waals surface area (Å²) in [7, 11) is 0. The third kappa shape index (κ3) is 4.92. The average Bonchev–Trinajstić information content (AvgIpc) is 2.42. The van der Waals surface area contributed by atoms with Crippen LogP contribution in [-0.2, 0) is 4.79 Å². The maximum Gasteiger partial charge on any atom is 0.221 e. The molecule has 0 bridgehead atoms. The minimum absolute atomic E-state index is 0.130. The zero-order chi connectivity index (χ0) is 13.4. The predicted molar refractivity (Wildman–Crippen MR) is 74.4 cm³/mol. The molecule has 0 spiro atoms. The Hall–Kier alpha value is -0.650. The maximum absolute atomic E-state index is 11.7. The van der Waals surface area contributed by atoms with Crippen LogP contribution in [-0.4, -0.2) is 67.6 Å². The lowest BCUT2D eigenvalue weighted by Gasteiger charge is -2.38. The molecule has 1 aliphatic heterocycles. The van der Waals surface area contributed by atoms with E-state index in [0.717, 1.165) is 45.7 Å². The zero-order valence-corrected chi connectivity index (χ0v) is 11.8. The van der Waals surface area contributed by atoms with Gasteiger partial charge in [-0.25, -0.2) is 0 Å². The van der Waals surface area contributed by atoms with Gasteiger partial charge in [-0.3, -0.25) is 9.69 Å². The van der Waals surface area contributed by atoms with Gasteiger partial charge >= 0.3 is 0 Å². The Kier molecular flexibility index (Phi) is 7.23. The number of nitrogens with zero attached hydrogens (tertiary/aromatic N) is 2. The van der Waals surface area contributed by atoms with Gasteiger partial charge in [0.15, 0.2) is 0 Å². The lowest BCUT2D eigenvalue weighted by atomic mass is 10.1. The van der Waals surface area contributed by atoms with E-state index in [0.29, 0.717) is 13.0 Å². The van der Waals surface area contributed by atoms with Crippen molar-refractivity contribution in [2.24, 2.45) is 5.73 Å². The standard InChI is InChI=1S/C13H28N4O/c1-3-5-15-13(18)10-12(11-14)17-8-6-16(4-2)7-9-17/h12H,3-11,14H2,1-2H3,(H,15,18). The molecule has 0 aliphatic carbocycles. The van der Waals surface area contributed by atoms with Crippen molar-refractivity contribution in [2.45, 2.75) is 32.7 Å². The highest BCUT2D eigenvalue weighted by atomic mass is 16.1. The Bertz CT molecular complexity index is 239. The number of rotatable bonds is 7. The van der Waals surface area contributed by atoms with Gasteiger partial charge in [0.25, 0.3) is 0 Å². The smallest absolute Gasteiger partial charge is 0.221 e. The Balaban J connectivity index is 2.34. The predicted octanol–water partition coefficient (Wildman–Crippen LogP) is -0.132. The number of amides is 1. The normalized spacial score (nSPS) is 19.7. The Morgan fingerprint density at radius 1 is 1.28 bits per heavy atom. The molecule has 5 nitrogen and oxygen atoms in total. The minimum atomic E-state index is 0.130. The van der Waals surface area contributed by atoms with Crippen LogP contribution in [0, 0.1) is 0 Å². The zero-order valence-electron chi connectivity index (χ0n) is 11.8. The summed E-state index contributed by atoms with van der Waals surface area (Å²) < 4.78 is 0. The van der Waals surface area contributed by atoms with Gasteiger partial charge in [0, 0.05) is 51.7 Å². The second-order valence-electron chi connectivity index (χ2n) is 4.91. The fourth-order valence-electron chi connectivity index (χ4n) is 2.36. The summed E-state index contributed by atoms with van der Waals surface area (Å²) in [6, 6.07) is 0.195. The number of hydrogen-bond acceptors (Lipinski definition) is 4. The van der Waals surface area contributed by atoms with Crippen LogP contribution in [0.25, 0.3) is 0 Å². The lowest BCUT2D eigenvalue weighted by Crippen LogP contribution is -2.53. The number of likely N-dealkylation sites (N-methyl/N-ethyl adjacent to an activating group) is 1. The Labute approximate surface area is 111 Å². The topological polar surface area (TPSA) is 61.6 Å². The van der Waals surface area contributed by atoms with E-state index in [2.05, 4.69) is 29.0 Å².